The van der Waals surface area contributed by atoms with Crippen molar-refractivity contribution in [1.29, 1.82) is 0 Å². The van der Waals surface area contributed by atoms with Gasteiger partial charge >= 0.3 is 0 Å². The summed E-state index contributed by atoms with van der Waals surface area (Å²) in [5.41, 5.74) is 2.69. The van der Waals surface area contributed by atoms with Crippen molar-refractivity contribution in [1.82, 2.24) is 0 Å². The molecule has 0 saturated heterocycles. The predicted octanol–water partition coefficient (Wildman–Crippen LogP) is 4.98. The molecule has 1 aromatic carbocycles. The van der Waals surface area contributed by atoms with Gasteiger partial charge in [-0.05, 0) is 29.2 Å². The topological polar surface area (TPSA) is 21.6 Å². The summed E-state index contributed by atoms with van der Waals surface area (Å²) in [6.45, 7) is 15.1. The van der Waals surface area contributed by atoms with E-state index in [9.17, 15) is 0 Å². The molecule has 0 N–H and O–H groups in total. The largest absolute Gasteiger partial charge is 0.497 e. The first-order valence-corrected chi connectivity index (χ1v) is 15.7. The van der Waals surface area contributed by atoms with Crippen molar-refractivity contribution in [3.63, 3.8) is 0 Å². The van der Waals surface area contributed by atoms with Gasteiger partial charge in [0, 0.05) is 5.56 Å². The van der Waals surface area contributed by atoms with Crippen LogP contribution < -0.4 is 4.74 Å². The van der Waals surface area contributed by atoms with Crippen LogP contribution in [0.2, 0.25) is 39.3 Å². The highest BCUT2D eigenvalue weighted by Gasteiger charge is 2.49. The molecule has 0 bridgehead atoms. The molecule has 0 spiro atoms. The maximum absolute atomic E-state index is 5.23. The lowest BCUT2D eigenvalue weighted by Crippen LogP contribution is -2.51. The van der Waals surface area contributed by atoms with Gasteiger partial charge in [0.05, 0.1) is 36.8 Å². The molecule has 5 heteroatoms. The minimum absolute atomic E-state index is 0.219. The van der Waals surface area contributed by atoms with E-state index in [1.807, 2.05) is 12.1 Å². The van der Waals surface area contributed by atoms with Gasteiger partial charge in [0.2, 0.25) is 0 Å². The second-order valence-corrected chi connectivity index (χ2v) is 21.6. The van der Waals surface area contributed by atoms with E-state index in [0.717, 1.165) is 10.7 Å². The maximum atomic E-state index is 5.23. The first-order chi connectivity index (χ1) is 9.14. The molecule has 2 nitrogen and oxygen atoms in total. The molecule has 20 heavy (non-hydrogen) atoms. The van der Waals surface area contributed by atoms with Crippen LogP contribution >= 0.6 is 8.07 Å². The Morgan fingerprint density at radius 3 is 1.85 bits per heavy atom. The molecule has 1 heterocycles. The molecule has 1 aliphatic rings. The van der Waals surface area contributed by atoms with Gasteiger partial charge in [-0.1, -0.05) is 39.3 Å². The standard InChI is InChI=1S/C15H26NOPSi2/c1-17-13-10-8-12(9-11-13)14-16-18(14)15(19(2,3)4)20(5,6)7/h8-11,15H,1-7H3/t18-/m0/s1. The number of rotatable bonds is 5. The van der Waals surface area contributed by atoms with Gasteiger partial charge in [-0.3, -0.25) is 4.76 Å². The van der Waals surface area contributed by atoms with Crippen LogP contribution in [0.3, 0.4) is 0 Å². The summed E-state index contributed by atoms with van der Waals surface area (Å²) in [6.07, 6.45) is 0. The summed E-state index contributed by atoms with van der Waals surface area (Å²) in [6, 6.07) is 8.40. The van der Waals surface area contributed by atoms with E-state index >= 15 is 0 Å². The van der Waals surface area contributed by atoms with Crippen molar-refractivity contribution >= 4 is 29.7 Å². The number of methoxy groups -OCH3 is 1. The summed E-state index contributed by atoms with van der Waals surface area (Å²) in [5.74, 6) is 0.922. The Morgan fingerprint density at radius 1 is 0.950 bits per heavy atom. The van der Waals surface area contributed by atoms with Gasteiger partial charge in [-0.2, -0.15) is 0 Å². The average molecular weight is 324 g/mol. The second kappa shape index (κ2) is 5.39. The Balaban J connectivity index is 2.17. The number of nitrogens with zero attached hydrogens (tertiary/aromatic N) is 1. The summed E-state index contributed by atoms with van der Waals surface area (Å²) >= 11 is 0. The molecule has 2 rings (SSSR count). The van der Waals surface area contributed by atoms with Crippen molar-refractivity contribution in [2.75, 3.05) is 7.11 Å². The molecule has 1 aromatic rings. The van der Waals surface area contributed by atoms with Crippen LogP contribution in [-0.4, -0.2) is 33.6 Å². The molecular formula is C15H26NOPSi2. The van der Waals surface area contributed by atoms with Crippen LogP contribution in [0.15, 0.2) is 29.0 Å². The highest BCUT2D eigenvalue weighted by atomic mass is 31.1. The van der Waals surface area contributed by atoms with Gasteiger partial charge < -0.3 is 4.74 Å². The molecule has 0 saturated carbocycles. The molecule has 0 unspecified atom stereocenters. The average Bonchev–Trinajstić information content (AvgIpc) is 3.05. The quantitative estimate of drug-likeness (QED) is 0.553. The van der Waals surface area contributed by atoms with Gasteiger partial charge in [0.25, 0.3) is 0 Å². The minimum Gasteiger partial charge on any atom is -0.497 e. The Morgan fingerprint density at radius 2 is 1.45 bits per heavy atom. The van der Waals surface area contributed by atoms with Crippen molar-refractivity contribution < 1.29 is 4.74 Å². The fourth-order valence-corrected chi connectivity index (χ4v) is 21.8. The lowest BCUT2D eigenvalue weighted by molar-refractivity contribution is 0.415. The van der Waals surface area contributed by atoms with Crippen LogP contribution in [0.4, 0.5) is 0 Å². The molecule has 110 valence electrons. The summed E-state index contributed by atoms with van der Waals surface area (Å²) in [4.78, 5) is 0.891. The third-order valence-electron chi connectivity index (χ3n) is 3.61. The normalized spacial score (nSPS) is 19.0. The zero-order chi connectivity index (χ0) is 15.1. The van der Waals surface area contributed by atoms with E-state index in [2.05, 4.69) is 51.4 Å². The number of hydrogen-bond acceptors (Lipinski definition) is 2. The molecule has 0 radical (unpaired) electrons. The monoisotopic (exact) mass is 323 g/mol. The fraction of sp³-hybridized carbons (Fsp3) is 0.533. The molecule has 0 aromatic heterocycles. The highest BCUT2D eigenvalue weighted by Crippen LogP contribution is 2.63. The third-order valence-corrected chi connectivity index (χ3v) is 19.7. The van der Waals surface area contributed by atoms with Crippen molar-refractivity contribution in [3.8, 4) is 5.75 Å². The van der Waals surface area contributed by atoms with Gasteiger partial charge in [-0.15, -0.1) is 0 Å². The Kier molecular flexibility index (Phi) is 4.30. The van der Waals surface area contributed by atoms with Crippen LogP contribution in [0.1, 0.15) is 5.56 Å². The lowest BCUT2D eigenvalue weighted by Gasteiger charge is -2.37. The van der Waals surface area contributed by atoms with E-state index in [4.69, 9.17) is 9.50 Å². The molecule has 1 aliphatic heterocycles. The van der Waals surface area contributed by atoms with Crippen LogP contribution in [0.5, 0.6) is 5.75 Å². The number of hydrogen-bond donors (Lipinski definition) is 0. The maximum Gasteiger partial charge on any atom is 0.118 e. The molecule has 1 atom stereocenters. The zero-order valence-electron chi connectivity index (χ0n) is 13.7. The molecule has 0 amide bonds. The smallest absolute Gasteiger partial charge is 0.118 e. The van der Waals surface area contributed by atoms with Gasteiger partial charge in [-0.25, -0.2) is 0 Å². The van der Waals surface area contributed by atoms with Crippen LogP contribution in [-0.2, 0) is 0 Å². The molecular weight excluding hydrogens is 297 g/mol. The van der Waals surface area contributed by atoms with E-state index in [-0.39, 0.29) is 8.07 Å². The van der Waals surface area contributed by atoms with Crippen molar-refractivity contribution in [3.05, 3.63) is 29.8 Å². The Bertz CT molecular complexity index is 500. The van der Waals surface area contributed by atoms with E-state index in [1.54, 1.807) is 7.11 Å². The lowest BCUT2D eigenvalue weighted by atomic mass is 10.2. The highest BCUT2D eigenvalue weighted by molar-refractivity contribution is 7.87. The van der Waals surface area contributed by atoms with Crippen molar-refractivity contribution in [2.45, 2.75) is 44.2 Å². The summed E-state index contributed by atoms with van der Waals surface area (Å²) in [7, 11) is -0.836. The number of benzene rings is 1. The van der Waals surface area contributed by atoms with Gasteiger partial charge in [0.1, 0.15) is 5.75 Å². The molecule has 0 aliphatic carbocycles. The van der Waals surface area contributed by atoms with E-state index < -0.39 is 16.1 Å². The Labute approximate surface area is 126 Å². The Hall–Kier alpha value is -0.446. The van der Waals surface area contributed by atoms with Crippen LogP contribution in [0.25, 0.3) is 0 Å². The number of ether oxygens (including phenoxy) is 1. The SMILES string of the molecule is COc1ccc(C2=N[P@]2C([Si](C)(C)C)[Si](C)(C)C)cc1. The van der Waals surface area contributed by atoms with Crippen molar-refractivity contribution in [2.24, 2.45) is 4.76 Å². The minimum atomic E-state index is -1.16. The molecule has 0 fully saturated rings. The van der Waals surface area contributed by atoms with E-state index in [1.165, 1.54) is 11.0 Å². The first kappa shape index (κ1) is 15.9. The van der Waals surface area contributed by atoms with E-state index in [0.29, 0.717) is 0 Å². The predicted molar refractivity (Wildman–Crippen MR) is 96.9 cm³/mol. The summed E-state index contributed by atoms with van der Waals surface area (Å²) in [5, 5.41) is 0. The third kappa shape index (κ3) is 3.41. The van der Waals surface area contributed by atoms with Crippen LogP contribution in [0, 0.1) is 0 Å². The zero-order valence-corrected chi connectivity index (χ0v) is 16.6. The fourth-order valence-electron chi connectivity index (χ4n) is 3.22. The second-order valence-electron chi connectivity index (χ2n) is 7.63. The van der Waals surface area contributed by atoms with Gasteiger partial charge in [0.15, 0.2) is 0 Å². The summed E-state index contributed by atoms with van der Waals surface area (Å²) < 4.78 is 10.2. The first-order valence-electron chi connectivity index (χ1n) is 7.17.